The van der Waals surface area contributed by atoms with E-state index in [-0.39, 0.29) is 0 Å². The van der Waals surface area contributed by atoms with Gasteiger partial charge >= 0.3 is 0 Å². The predicted octanol–water partition coefficient (Wildman–Crippen LogP) is 3.05. The van der Waals surface area contributed by atoms with Crippen LogP contribution in [0, 0.1) is 5.92 Å². The highest BCUT2D eigenvalue weighted by atomic mass is 15.1. The molecular weight excluding hydrogens is 208 g/mol. The van der Waals surface area contributed by atoms with Gasteiger partial charge in [-0.2, -0.15) is 0 Å². The summed E-state index contributed by atoms with van der Waals surface area (Å²) >= 11 is 0. The molecule has 1 N–H and O–H groups in total. The van der Waals surface area contributed by atoms with E-state index in [9.17, 15) is 0 Å². The summed E-state index contributed by atoms with van der Waals surface area (Å²) in [5, 5.41) is 3.47. The number of allylic oxidation sites excluding steroid dienone is 1. The third-order valence-corrected chi connectivity index (χ3v) is 3.77. The van der Waals surface area contributed by atoms with Crippen LogP contribution in [0.2, 0.25) is 0 Å². The van der Waals surface area contributed by atoms with Gasteiger partial charge < -0.3 is 10.2 Å². The van der Waals surface area contributed by atoms with Crippen LogP contribution >= 0.6 is 0 Å². The summed E-state index contributed by atoms with van der Waals surface area (Å²) in [5.41, 5.74) is 0. The maximum absolute atomic E-state index is 3.76. The van der Waals surface area contributed by atoms with E-state index in [0.29, 0.717) is 0 Å². The van der Waals surface area contributed by atoms with Gasteiger partial charge in [-0.1, -0.05) is 19.4 Å². The number of unbranched alkanes of at least 4 members (excludes halogenated alkanes) is 3. The molecule has 1 aliphatic heterocycles. The van der Waals surface area contributed by atoms with E-state index in [1.807, 2.05) is 6.08 Å². The van der Waals surface area contributed by atoms with Gasteiger partial charge in [0.25, 0.3) is 0 Å². The number of likely N-dealkylation sites (tertiary alicyclic amines) is 1. The van der Waals surface area contributed by atoms with Gasteiger partial charge in [-0.05, 0) is 70.7 Å². The van der Waals surface area contributed by atoms with Gasteiger partial charge in [0, 0.05) is 0 Å². The number of hydrogen-bond acceptors (Lipinski definition) is 2. The lowest BCUT2D eigenvalue weighted by atomic mass is 9.96. The number of rotatable bonds is 9. The second-order valence-electron chi connectivity index (χ2n) is 5.23. The normalized spacial score (nSPS) is 18.4. The standard InChI is InChI=1S/C15H30N2/c1-3-5-6-7-8-11-17-12-9-15(10-13-17)14-16-4-2/h3,15-16H,1,4-14H2,2H3. The third kappa shape index (κ3) is 6.85. The highest BCUT2D eigenvalue weighted by molar-refractivity contribution is 4.74. The maximum Gasteiger partial charge on any atom is -0.00156 e. The maximum atomic E-state index is 3.76. The molecular formula is C15H30N2. The molecule has 1 fully saturated rings. The van der Waals surface area contributed by atoms with Crippen LogP contribution in [0.15, 0.2) is 12.7 Å². The smallest absolute Gasteiger partial charge is 0.00156 e. The van der Waals surface area contributed by atoms with Crippen molar-refractivity contribution in [1.82, 2.24) is 10.2 Å². The molecule has 1 heterocycles. The fourth-order valence-corrected chi connectivity index (χ4v) is 2.56. The summed E-state index contributed by atoms with van der Waals surface area (Å²) in [6, 6.07) is 0. The molecule has 1 rings (SSSR count). The molecule has 0 atom stereocenters. The lowest BCUT2D eigenvalue weighted by Gasteiger charge is -2.32. The van der Waals surface area contributed by atoms with E-state index < -0.39 is 0 Å². The first-order valence-electron chi connectivity index (χ1n) is 7.40. The summed E-state index contributed by atoms with van der Waals surface area (Å²) in [4.78, 5) is 2.65. The molecule has 17 heavy (non-hydrogen) atoms. The zero-order valence-electron chi connectivity index (χ0n) is 11.6. The number of hydrogen-bond donors (Lipinski definition) is 1. The van der Waals surface area contributed by atoms with Crippen molar-refractivity contribution in [3.63, 3.8) is 0 Å². The molecule has 0 amide bonds. The van der Waals surface area contributed by atoms with Crippen LogP contribution in [0.3, 0.4) is 0 Å². The summed E-state index contributed by atoms with van der Waals surface area (Å²) in [7, 11) is 0. The molecule has 1 saturated heterocycles. The summed E-state index contributed by atoms with van der Waals surface area (Å²) in [5.74, 6) is 0.923. The predicted molar refractivity (Wildman–Crippen MR) is 76.4 cm³/mol. The second-order valence-corrected chi connectivity index (χ2v) is 5.23. The molecule has 0 aliphatic carbocycles. The Hall–Kier alpha value is -0.340. The van der Waals surface area contributed by atoms with Crippen LogP contribution in [0.25, 0.3) is 0 Å². The van der Waals surface area contributed by atoms with Crippen molar-refractivity contribution >= 4 is 0 Å². The molecule has 0 unspecified atom stereocenters. The molecule has 2 heteroatoms. The lowest BCUT2D eigenvalue weighted by Crippen LogP contribution is -2.37. The molecule has 0 aromatic rings. The van der Waals surface area contributed by atoms with Gasteiger partial charge in [0.05, 0.1) is 0 Å². The first-order valence-corrected chi connectivity index (χ1v) is 7.40. The minimum Gasteiger partial charge on any atom is -0.317 e. The Bertz CT molecular complexity index is 183. The van der Waals surface area contributed by atoms with Crippen molar-refractivity contribution < 1.29 is 0 Å². The van der Waals surface area contributed by atoms with Crippen molar-refractivity contribution in [1.29, 1.82) is 0 Å². The summed E-state index contributed by atoms with van der Waals surface area (Å²) < 4.78 is 0. The molecule has 0 aromatic carbocycles. The Morgan fingerprint density at radius 1 is 1.24 bits per heavy atom. The van der Waals surface area contributed by atoms with Crippen molar-refractivity contribution in [2.45, 2.75) is 45.4 Å². The zero-order valence-corrected chi connectivity index (χ0v) is 11.6. The van der Waals surface area contributed by atoms with Gasteiger partial charge in [-0.15, -0.1) is 6.58 Å². The monoisotopic (exact) mass is 238 g/mol. The van der Waals surface area contributed by atoms with Crippen molar-refractivity contribution in [2.24, 2.45) is 5.92 Å². The first-order chi connectivity index (χ1) is 8.36. The first kappa shape index (κ1) is 14.7. The molecule has 2 nitrogen and oxygen atoms in total. The van der Waals surface area contributed by atoms with Gasteiger partial charge in [0.15, 0.2) is 0 Å². The molecule has 0 spiro atoms. The van der Waals surface area contributed by atoms with E-state index in [1.54, 1.807) is 0 Å². The fourth-order valence-electron chi connectivity index (χ4n) is 2.56. The van der Waals surface area contributed by atoms with Crippen molar-refractivity contribution in [3.8, 4) is 0 Å². The lowest BCUT2D eigenvalue weighted by molar-refractivity contribution is 0.180. The van der Waals surface area contributed by atoms with Crippen molar-refractivity contribution in [3.05, 3.63) is 12.7 Å². The Kier molecular flexibility index (Phi) is 8.37. The minimum atomic E-state index is 0.923. The number of piperidine rings is 1. The topological polar surface area (TPSA) is 15.3 Å². The third-order valence-electron chi connectivity index (χ3n) is 3.77. The van der Waals surface area contributed by atoms with Gasteiger partial charge in [0.2, 0.25) is 0 Å². The van der Waals surface area contributed by atoms with Crippen molar-refractivity contribution in [2.75, 3.05) is 32.7 Å². The van der Waals surface area contributed by atoms with E-state index in [0.717, 1.165) is 12.5 Å². The molecule has 0 bridgehead atoms. The molecule has 0 saturated carbocycles. The molecule has 0 aromatic heterocycles. The highest BCUT2D eigenvalue weighted by Crippen LogP contribution is 2.16. The molecule has 1 aliphatic rings. The number of nitrogens with one attached hydrogen (secondary N) is 1. The van der Waals surface area contributed by atoms with Crippen LogP contribution in [0.1, 0.15) is 45.4 Å². The SMILES string of the molecule is C=CCCCCCN1CCC(CNCC)CC1. The second kappa shape index (κ2) is 9.67. The Morgan fingerprint density at radius 3 is 2.65 bits per heavy atom. The van der Waals surface area contributed by atoms with E-state index in [1.165, 1.54) is 64.7 Å². The Morgan fingerprint density at radius 2 is 2.00 bits per heavy atom. The van der Waals surface area contributed by atoms with Gasteiger partial charge in [0.1, 0.15) is 0 Å². The van der Waals surface area contributed by atoms with E-state index in [4.69, 9.17) is 0 Å². The van der Waals surface area contributed by atoms with Crippen LogP contribution in [-0.2, 0) is 0 Å². The number of nitrogens with zero attached hydrogens (tertiary/aromatic N) is 1. The van der Waals surface area contributed by atoms with E-state index in [2.05, 4.69) is 23.7 Å². The van der Waals surface area contributed by atoms with Crippen LogP contribution in [0.4, 0.5) is 0 Å². The average molecular weight is 238 g/mol. The summed E-state index contributed by atoms with van der Waals surface area (Å²) in [6.45, 7) is 12.2. The Balaban J connectivity index is 1.97. The average Bonchev–Trinajstić information content (AvgIpc) is 2.37. The zero-order chi connectivity index (χ0) is 12.3. The largest absolute Gasteiger partial charge is 0.317 e. The Labute approximate surface area is 107 Å². The van der Waals surface area contributed by atoms with Crippen LogP contribution < -0.4 is 5.32 Å². The highest BCUT2D eigenvalue weighted by Gasteiger charge is 2.17. The van der Waals surface area contributed by atoms with E-state index >= 15 is 0 Å². The minimum absolute atomic E-state index is 0.923. The quantitative estimate of drug-likeness (QED) is 0.490. The van der Waals surface area contributed by atoms with Gasteiger partial charge in [-0.25, -0.2) is 0 Å². The molecule has 0 radical (unpaired) electrons. The van der Waals surface area contributed by atoms with Crippen LogP contribution in [0.5, 0.6) is 0 Å². The van der Waals surface area contributed by atoms with Crippen LogP contribution in [-0.4, -0.2) is 37.6 Å². The summed E-state index contributed by atoms with van der Waals surface area (Å²) in [6.07, 6.45) is 10.0. The molecule has 100 valence electrons. The van der Waals surface area contributed by atoms with Gasteiger partial charge in [-0.3, -0.25) is 0 Å². The fraction of sp³-hybridized carbons (Fsp3) is 0.867.